The number of nitrogens with one attached hydrogen (secondary N) is 1. The first-order valence-electron chi connectivity index (χ1n) is 22.2. The number of nitrogens with two attached hydrogens (primary N) is 1. The molecule has 0 aliphatic heterocycles. The quantitative estimate of drug-likeness (QED) is 0.0518. The van der Waals surface area contributed by atoms with Crippen molar-refractivity contribution in [3.63, 3.8) is 0 Å². The molecule has 3 heterocycles. The van der Waals surface area contributed by atoms with Crippen LogP contribution in [-0.4, -0.2) is 38.6 Å². The van der Waals surface area contributed by atoms with Gasteiger partial charge in [0.1, 0.15) is 6.20 Å². The molecule has 0 saturated heterocycles. The Morgan fingerprint density at radius 2 is 1.06 bits per heavy atom. The summed E-state index contributed by atoms with van der Waals surface area (Å²) < 4.78 is 5.04. The highest BCUT2D eigenvalue weighted by Crippen LogP contribution is 2.31. The van der Waals surface area contributed by atoms with Gasteiger partial charge in [-0.2, -0.15) is 9.59 Å². The fourth-order valence-corrected chi connectivity index (χ4v) is 8.80. The van der Waals surface area contributed by atoms with Crippen molar-refractivity contribution in [3.8, 4) is 0 Å². The number of rotatable bonds is 12. The van der Waals surface area contributed by atoms with Crippen molar-refractivity contribution in [1.29, 1.82) is 0 Å². The van der Waals surface area contributed by atoms with Gasteiger partial charge in [-0.3, -0.25) is 25.1 Å². The van der Waals surface area contributed by atoms with Crippen LogP contribution in [0.1, 0.15) is 70.7 Å². The lowest BCUT2D eigenvalue weighted by molar-refractivity contribution is -0.385. The molecule has 0 radical (unpaired) electrons. The lowest BCUT2D eigenvalue weighted by Gasteiger charge is -2.09. The summed E-state index contributed by atoms with van der Waals surface area (Å²) in [5, 5.41) is 13.7. The van der Waals surface area contributed by atoms with Crippen LogP contribution in [-0.2, 0) is 76.9 Å². The second-order valence-electron chi connectivity index (χ2n) is 16.6. The fraction of sp³-hybridized carbons (Fsp3) is 0.302. The van der Waals surface area contributed by atoms with Crippen LogP contribution in [0, 0.1) is 27.9 Å². The molecular weight excluding hydrogens is 817 g/mol. The maximum absolute atomic E-state index is 11.8. The molecule has 0 fully saturated rings. The molecule has 0 spiro atoms. The number of esters is 1. The highest BCUT2D eigenvalue weighted by Gasteiger charge is 2.24. The smallest absolute Gasteiger partial charge is 0.373 e. The first kappa shape index (κ1) is 47.2. The molecule has 0 unspecified atom stereocenters. The molecule has 3 aromatic carbocycles. The number of hydrogen-bond donors (Lipinski definition) is 2. The van der Waals surface area contributed by atoms with Crippen LogP contribution in [0.3, 0.4) is 0 Å². The first-order valence-corrected chi connectivity index (χ1v) is 22.2. The zero-order chi connectivity index (χ0) is 46.0. The topological polar surface area (TPSA) is 180 Å². The van der Waals surface area contributed by atoms with Gasteiger partial charge in [0.05, 0.1) is 40.9 Å². The standard InChI is InChI=1S/C22H26N2O2.C15H14N2O2.C15H16N2.CO2/c1-3-17(22(25)26-4-2)14-23-21-10-9-20(24-15-21)13-16-11-18-7-5-6-8-19(18)12-16;18-17(19)15-6-5-14(16-10-15)9-11-7-12-3-1-2-4-13(12)8-11;16-14-5-6-15(17-10-14)9-11-7-12-3-1-2-4-13(12)8-11;2-1-3/h5-10,14-16,23H,3-4,11-13H2,1-2H3;1-6,10-11H,7-9H2;1-6,10-11H,7-9,16H2;/b17-14+;;;. The van der Waals surface area contributed by atoms with Gasteiger partial charge in [-0.15, -0.1) is 0 Å². The highest BCUT2D eigenvalue weighted by molar-refractivity contribution is 5.88. The van der Waals surface area contributed by atoms with E-state index in [-0.39, 0.29) is 17.8 Å². The zero-order valence-corrected chi connectivity index (χ0v) is 37.0. The molecule has 12 nitrogen and oxygen atoms in total. The van der Waals surface area contributed by atoms with Crippen molar-refractivity contribution in [2.24, 2.45) is 17.8 Å². The molecule has 334 valence electrons. The molecule has 3 aromatic heterocycles. The van der Waals surface area contributed by atoms with Crippen LogP contribution in [0.4, 0.5) is 17.1 Å². The van der Waals surface area contributed by atoms with E-state index in [1.165, 1.54) is 58.5 Å². The Morgan fingerprint density at radius 1 is 0.662 bits per heavy atom. The average Bonchev–Trinajstić information content (AvgIpc) is 4.05. The number of hydrogen-bond acceptors (Lipinski definition) is 11. The number of ether oxygens (including phenoxy) is 1. The van der Waals surface area contributed by atoms with E-state index in [0.717, 1.165) is 73.4 Å². The van der Waals surface area contributed by atoms with Crippen LogP contribution >= 0.6 is 0 Å². The van der Waals surface area contributed by atoms with Gasteiger partial charge in [-0.25, -0.2) is 4.79 Å². The van der Waals surface area contributed by atoms with E-state index in [9.17, 15) is 14.9 Å². The average molecular weight is 873 g/mol. The van der Waals surface area contributed by atoms with Crippen molar-refractivity contribution >= 4 is 29.2 Å². The molecule has 0 atom stereocenters. The Hall–Kier alpha value is -7.30. The number of benzene rings is 3. The van der Waals surface area contributed by atoms with Crippen molar-refractivity contribution < 1.29 is 24.0 Å². The van der Waals surface area contributed by atoms with Gasteiger partial charge in [-0.1, -0.05) is 79.7 Å². The molecule has 6 aromatic rings. The third-order valence-electron chi connectivity index (χ3n) is 11.9. The number of pyridine rings is 3. The molecule has 0 saturated carbocycles. The number of fused-ring (bicyclic) bond motifs is 3. The Bertz CT molecular complexity index is 2480. The summed E-state index contributed by atoms with van der Waals surface area (Å²) in [7, 11) is 0. The molecule has 3 aliphatic carbocycles. The van der Waals surface area contributed by atoms with Crippen molar-refractivity contribution in [3.05, 3.63) is 200 Å². The summed E-state index contributed by atoms with van der Waals surface area (Å²) in [6, 6.07) is 37.3. The van der Waals surface area contributed by atoms with Crippen LogP contribution in [0.2, 0.25) is 0 Å². The summed E-state index contributed by atoms with van der Waals surface area (Å²) >= 11 is 0. The summed E-state index contributed by atoms with van der Waals surface area (Å²) in [4.78, 5) is 51.3. The second-order valence-corrected chi connectivity index (χ2v) is 16.6. The van der Waals surface area contributed by atoms with Crippen LogP contribution < -0.4 is 11.1 Å². The van der Waals surface area contributed by atoms with Gasteiger partial charge in [0.15, 0.2) is 0 Å². The van der Waals surface area contributed by atoms with Crippen molar-refractivity contribution in [1.82, 2.24) is 15.0 Å². The monoisotopic (exact) mass is 872 g/mol. The van der Waals surface area contributed by atoms with Crippen LogP contribution in [0.5, 0.6) is 0 Å². The largest absolute Gasteiger partial charge is 0.463 e. The van der Waals surface area contributed by atoms with Crippen molar-refractivity contribution in [2.75, 3.05) is 17.7 Å². The number of anilines is 2. The van der Waals surface area contributed by atoms with E-state index in [4.69, 9.17) is 20.1 Å². The summed E-state index contributed by atoms with van der Waals surface area (Å²) in [5.41, 5.74) is 19.9. The predicted molar refractivity (Wildman–Crippen MR) is 251 cm³/mol. The molecule has 3 aliphatic rings. The third-order valence-corrected chi connectivity index (χ3v) is 11.9. The molecule has 0 amide bonds. The summed E-state index contributed by atoms with van der Waals surface area (Å²) in [6.07, 6.45) is 17.2. The van der Waals surface area contributed by atoms with E-state index in [0.29, 0.717) is 36.4 Å². The predicted octanol–water partition coefficient (Wildman–Crippen LogP) is 9.29. The normalized spacial score (nSPS) is 13.8. The highest BCUT2D eigenvalue weighted by atomic mass is 16.6. The second kappa shape index (κ2) is 24.0. The van der Waals surface area contributed by atoms with Gasteiger partial charge in [0, 0.05) is 29.3 Å². The fourth-order valence-electron chi connectivity index (χ4n) is 8.80. The lowest BCUT2D eigenvalue weighted by Crippen LogP contribution is -2.09. The van der Waals surface area contributed by atoms with E-state index < -0.39 is 4.92 Å². The first-order chi connectivity index (χ1) is 31.6. The van der Waals surface area contributed by atoms with E-state index >= 15 is 0 Å². The minimum atomic E-state index is -0.414. The van der Waals surface area contributed by atoms with Crippen molar-refractivity contribution in [2.45, 2.75) is 78.1 Å². The lowest BCUT2D eigenvalue weighted by atomic mass is 10.00. The Morgan fingerprint density at radius 3 is 1.38 bits per heavy atom. The number of carbonyl (C=O) groups excluding carboxylic acids is 3. The Labute approximate surface area is 380 Å². The van der Waals surface area contributed by atoms with Gasteiger partial charge >= 0.3 is 12.1 Å². The Kier molecular flexibility index (Phi) is 17.4. The molecule has 65 heavy (non-hydrogen) atoms. The third kappa shape index (κ3) is 14.1. The maximum atomic E-state index is 11.8. The minimum Gasteiger partial charge on any atom is -0.463 e. The molecule has 12 heteroatoms. The number of nitro groups is 1. The van der Waals surface area contributed by atoms with Crippen LogP contribution in [0.25, 0.3) is 0 Å². The molecule has 3 N–H and O–H groups in total. The molecule has 0 bridgehead atoms. The van der Waals surface area contributed by atoms with Gasteiger partial charge in [0.25, 0.3) is 5.69 Å². The Balaban J connectivity index is 0.000000160. The van der Waals surface area contributed by atoms with E-state index in [2.05, 4.69) is 99.1 Å². The van der Waals surface area contributed by atoms with Gasteiger partial charge < -0.3 is 15.8 Å². The number of aromatic nitrogens is 3. The van der Waals surface area contributed by atoms with E-state index in [1.54, 1.807) is 18.5 Å². The van der Waals surface area contributed by atoms with Crippen LogP contribution in [0.15, 0.2) is 140 Å². The molecule has 9 rings (SSSR count). The van der Waals surface area contributed by atoms with Gasteiger partial charge in [0.2, 0.25) is 0 Å². The number of nitrogens with zero attached hydrogens (tertiary/aromatic N) is 4. The summed E-state index contributed by atoms with van der Waals surface area (Å²) in [5.74, 6) is 1.62. The molecular formula is C53H56N6O6. The maximum Gasteiger partial charge on any atom is 0.373 e. The minimum absolute atomic E-state index is 0.0541. The summed E-state index contributed by atoms with van der Waals surface area (Å²) in [6.45, 7) is 4.13. The zero-order valence-electron chi connectivity index (χ0n) is 37.0. The number of carbonyl (C=O) groups is 1. The number of nitrogen functional groups attached to an aromatic ring is 1. The van der Waals surface area contributed by atoms with E-state index in [1.807, 2.05) is 38.2 Å². The van der Waals surface area contributed by atoms with Gasteiger partial charge in [-0.05, 0) is 153 Å². The SMILES string of the molecule is CCOC(=O)/C(=C/Nc1ccc(CC2Cc3ccccc3C2)nc1)CC.Nc1ccc(CC2Cc3ccccc3C2)nc1.O=C=O.O=[N+]([O-])c1ccc(CC2Cc3ccccc3C2)nc1.